The first kappa shape index (κ1) is 17.7. The molecule has 2 aromatic carbocycles. The number of para-hydroxylation sites is 1. The predicted octanol–water partition coefficient (Wildman–Crippen LogP) is 4.00. The number of methoxy groups -OCH3 is 1. The lowest BCUT2D eigenvalue weighted by atomic mass is 9.54. The van der Waals surface area contributed by atoms with Crippen molar-refractivity contribution in [2.45, 2.75) is 31.9 Å². The van der Waals surface area contributed by atoms with Crippen LogP contribution in [0.2, 0.25) is 0 Å². The fourth-order valence-electron chi connectivity index (χ4n) is 5.84. The van der Waals surface area contributed by atoms with E-state index in [1.165, 1.54) is 5.56 Å². The minimum atomic E-state index is -0.572. The number of fused-ring (bicyclic) bond motifs is 2. The highest BCUT2D eigenvalue weighted by molar-refractivity contribution is 5.80. The Bertz CT molecular complexity index is 898. The number of hydrogen-bond donors (Lipinski definition) is 0. The summed E-state index contributed by atoms with van der Waals surface area (Å²) in [6, 6.07) is 18.6. The van der Waals surface area contributed by atoms with E-state index in [1.807, 2.05) is 18.2 Å². The van der Waals surface area contributed by atoms with Crippen LogP contribution in [0.1, 0.15) is 30.9 Å². The number of benzene rings is 2. The van der Waals surface area contributed by atoms with Gasteiger partial charge in [-0.2, -0.15) is 0 Å². The van der Waals surface area contributed by atoms with Gasteiger partial charge in [-0.3, -0.25) is 9.69 Å². The zero-order valence-electron chi connectivity index (χ0n) is 16.6. The van der Waals surface area contributed by atoms with Gasteiger partial charge in [0.25, 0.3) is 0 Å². The van der Waals surface area contributed by atoms with Crippen molar-refractivity contribution in [1.29, 1.82) is 0 Å². The molecule has 4 atom stereocenters. The summed E-state index contributed by atoms with van der Waals surface area (Å²) in [6.07, 6.45) is 1.75. The molecule has 3 saturated heterocycles. The maximum Gasteiger partial charge on any atom is 0.313 e. The Hall–Kier alpha value is -2.33. The van der Waals surface area contributed by atoms with E-state index < -0.39 is 5.60 Å². The summed E-state index contributed by atoms with van der Waals surface area (Å²) in [5.74, 6) is 1.40. The molecule has 3 heterocycles. The summed E-state index contributed by atoms with van der Waals surface area (Å²) in [4.78, 5) is 15.6. The van der Waals surface area contributed by atoms with E-state index in [4.69, 9.17) is 9.47 Å². The third-order valence-electron chi connectivity index (χ3n) is 7.38. The van der Waals surface area contributed by atoms with Crippen molar-refractivity contribution in [2.24, 2.45) is 17.3 Å². The van der Waals surface area contributed by atoms with Gasteiger partial charge < -0.3 is 9.47 Å². The monoisotopic (exact) mass is 377 g/mol. The molecule has 0 amide bonds. The van der Waals surface area contributed by atoms with Gasteiger partial charge in [-0.15, -0.1) is 0 Å². The largest absolute Gasteiger partial charge is 0.496 e. The molecule has 1 saturated carbocycles. The summed E-state index contributed by atoms with van der Waals surface area (Å²) >= 11 is 0. The quantitative estimate of drug-likeness (QED) is 0.755. The van der Waals surface area contributed by atoms with E-state index in [-0.39, 0.29) is 11.4 Å². The normalized spacial score (nSPS) is 34.1. The molecule has 2 bridgehead atoms. The van der Waals surface area contributed by atoms with Gasteiger partial charge in [-0.05, 0) is 37.3 Å². The molecule has 4 heteroatoms. The Kier molecular flexibility index (Phi) is 4.02. The number of likely N-dealkylation sites (tertiary alicyclic amines) is 1. The SMILES string of the molecule is COc1ccccc1C12CCC(C)(C(=O)O1)C1CN(Cc3ccccc3)CC12. The number of rotatable bonds is 4. The lowest BCUT2D eigenvalue weighted by molar-refractivity contribution is -0.230. The van der Waals surface area contributed by atoms with Gasteiger partial charge in [0.05, 0.1) is 12.5 Å². The van der Waals surface area contributed by atoms with Gasteiger partial charge in [0.1, 0.15) is 11.4 Å². The Morgan fingerprint density at radius 1 is 1.04 bits per heavy atom. The molecule has 4 nitrogen and oxygen atoms in total. The number of nitrogens with zero attached hydrogens (tertiary/aromatic N) is 1. The first-order valence-corrected chi connectivity index (χ1v) is 10.2. The van der Waals surface area contributed by atoms with Crippen LogP contribution < -0.4 is 4.74 Å². The third kappa shape index (κ3) is 2.44. The van der Waals surface area contributed by atoms with Crippen LogP contribution in [0, 0.1) is 17.3 Å². The van der Waals surface area contributed by atoms with Crippen LogP contribution in [0.5, 0.6) is 5.75 Å². The van der Waals surface area contributed by atoms with Crippen molar-refractivity contribution in [2.75, 3.05) is 20.2 Å². The standard InChI is InChI=1S/C24H27NO3/c1-23-12-13-24(28-22(23)26,18-10-6-7-11-21(18)27-2)20-16-25(15-19(20)23)14-17-8-4-3-5-9-17/h3-11,19-20H,12-16H2,1-2H3. The fraction of sp³-hybridized carbons (Fsp3) is 0.458. The van der Waals surface area contributed by atoms with Gasteiger partial charge in [0.15, 0.2) is 0 Å². The van der Waals surface area contributed by atoms with E-state index in [1.54, 1.807) is 7.11 Å². The smallest absolute Gasteiger partial charge is 0.313 e. The van der Waals surface area contributed by atoms with E-state index in [0.29, 0.717) is 11.8 Å². The topological polar surface area (TPSA) is 38.8 Å². The van der Waals surface area contributed by atoms with Crippen LogP contribution in [0.15, 0.2) is 54.6 Å². The molecule has 0 spiro atoms. The Morgan fingerprint density at radius 2 is 1.75 bits per heavy atom. The second kappa shape index (κ2) is 6.35. The van der Waals surface area contributed by atoms with Crippen molar-refractivity contribution in [3.63, 3.8) is 0 Å². The van der Waals surface area contributed by atoms with Crippen LogP contribution >= 0.6 is 0 Å². The molecule has 0 radical (unpaired) electrons. The summed E-state index contributed by atoms with van der Waals surface area (Å²) in [7, 11) is 1.70. The minimum absolute atomic E-state index is 0.0348. The molecule has 0 aromatic heterocycles. The van der Waals surface area contributed by atoms with Crippen LogP contribution in [-0.2, 0) is 21.7 Å². The van der Waals surface area contributed by atoms with Gasteiger partial charge in [-0.25, -0.2) is 0 Å². The molecule has 4 fully saturated rings. The Labute approximate surface area is 166 Å². The summed E-state index contributed by atoms with van der Waals surface area (Å²) in [5, 5.41) is 0. The van der Waals surface area contributed by atoms with Crippen LogP contribution in [-0.4, -0.2) is 31.1 Å². The van der Waals surface area contributed by atoms with E-state index in [2.05, 4.69) is 48.2 Å². The van der Waals surface area contributed by atoms with Gasteiger partial charge in [0, 0.05) is 31.1 Å². The van der Waals surface area contributed by atoms with Gasteiger partial charge in [-0.1, -0.05) is 48.5 Å². The average molecular weight is 377 g/mol. The van der Waals surface area contributed by atoms with E-state index >= 15 is 0 Å². The summed E-state index contributed by atoms with van der Waals surface area (Å²) in [5.41, 5.74) is 1.40. The third-order valence-corrected chi connectivity index (χ3v) is 7.38. The minimum Gasteiger partial charge on any atom is -0.496 e. The lowest BCUT2D eigenvalue weighted by Gasteiger charge is -2.57. The van der Waals surface area contributed by atoms with Crippen LogP contribution in [0.25, 0.3) is 0 Å². The van der Waals surface area contributed by atoms with Crippen LogP contribution in [0.4, 0.5) is 0 Å². The molecular weight excluding hydrogens is 350 g/mol. The molecule has 146 valence electrons. The first-order valence-electron chi connectivity index (χ1n) is 10.2. The molecule has 28 heavy (non-hydrogen) atoms. The Morgan fingerprint density at radius 3 is 2.50 bits per heavy atom. The lowest BCUT2D eigenvalue weighted by Crippen LogP contribution is -2.61. The van der Waals surface area contributed by atoms with Crippen LogP contribution in [0.3, 0.4) is 0 Å². The second-order valence-corrected chi connectivity index (χ2v) is 8.79. The van der Waals surface area contributed by atoms with Crippen molar-refractivity contribution in [3.05, 3.63) is 65.7 Å². The molecule has 6 rings (SSSR count). The molecule has 0 N–H and O–H groups in total. The van der Waals surface area contributed by atoms with Crippen molar-refractivity contribution in [3.8, 4) is 5.75 Å². The summed E-state index contributed by atoms with van der Waals surface area (Å²) < 4.78 is 11.9. The van der Waals surface area contributed by atoms with Crippen molar-refractivity contribution in [1.82, 2.24) is 4.90 Å². The second-order valence-electron chi connectivity index (χ2n) is 8.79. The highest BCUT2D eigenvalue weighted by atomic mass is 16.6. The predicted molar refractivity (Wildman–Crippen MR) is 107 cm³/mol. The highest BCUT2D eigenvalue weighted by Gasteiger charge is 2.67. The van der Waals surface area contributed by atoms with Gasteiger partial charge >= 0.3 is 5.97 Å². The molecule has 1 aliphatic carbocycles. The fourth-order valence-corrected chi connectivity index (χ4v) is 5.84. The first-order chi connectivity index (χ1) is 13.6. The van der Waals surface area contributed by atoms with Crippen molar-refractivity contribution < 1.29 is 14.3 Å². The zero-order chi connectivity index (χ0) is 19.4. The maximum absolute atomic E-state index is 13.1. The summed E-state index contributed by atoms with van der Waals surface area (Å²) in [6.45, 7) is 4.92. The number of esters is 1. The number of carbonyl (C=O) groups is 1. The molecule has 4 aliphatic rings. The molecule has 2 aromatic rings. The number of ether oxygens (including phenoxy) is 2. The number of hydrogen-bond acceptors (Lipinski definition) is 4. The Balaban J connectivity index is 1.53. The van der Waals surface area contributed by atoms with E-state index in [0.717, 1.165) is 43.8 Å². The van der Waals surface area contributed by atoms with E-state index in [9.17, 15) is 4.79 Å². The molecule has 3 aliphatic heterocycles. The zero-order valence-corrected chi connectivity index (χ0v) is 16.6. The molecule has 4 unspecified atom stereocenters. The maximum atomic E-state index is 13.1. The average Bonchev–Trinajstić information content (AvgIpc) is 3.16. The van der Waals surface area contributed by atoms with Crippen molar-refractivity contribution >= 4 is 5.97 Å². The number of carbonyl (C=O) groups excluding carboxylic acids is 1. The highest BCUT2D eigenvalue weighted by Crippen LogP contribution is 2.63. The van der Waals surface area contributed by atoms with Gasteiger partial charge in [0.2, 0.25) is 0 Å². The molecular formula is C24H27NO3.